The Hall–Kier alpha value is -1.73. The Kier molecular flexibility index (Phi) is 3.32. The summed E-state index contributed by atoms with van der Waals surface area (Å²) < 4.78 is 4.42. The van der Waals surface area contributed by atoms with Crippen LogP contribution in [0.15, 0.2) is 24.3 Å². The highest BCUT2D eigenvalue weighted by atomic mass is 35.5. The highest BCUT2D eigenvalue weighted by Crippen LogP contribution is 2.19. The molecule has 5 heteroatoms. The molecule has 1 aromatic carbocycles. The molecule has 0 spiro atoms. The molecule has 0 aliphatic rings. The van der Waals surface area contributed by atoms with Crippen molar-refractivity contribution < 1.29 is 9.53 Å². The number of carbonyl (C=O) groups is 1. The average Bonchev–Trinajstić information content (AvgIpc) is 2.19. The summed E-state index contributed by atoms with van der Waals surface area (Å²) in [6, 6.07) is 6.39. The van der Waals surface area contributed by atoms with Gasteiger partial charge in [0.15, 0.2) is 6.19 Å². The Morgan fingerprint density at radius 3 is 2.86 bits per heavy atom. The average molecular weight is 211 g/mol. The maximum Gasteiger partial charge on any atom is 0.427 e. The first kappa shape index (κ1) is 10.4. The van der Waals surface area contributed by atoms with E-state index in [1.165, 1.54) is 13.2 Å². The SMILES string of the molecule is COC(=O)N(C#N)c1cccc(Cl)c1. The number of halogens is 1. The minimum Gasteiger partial charge on any atom is -0.452 e. The molecule has 4 nitrogen and oxygen atoms in total. The lowest BCUT2D eigenvalue weighted by Gasteiger charge is -2.11. The Bertz CT molecular complexity index is 387. The minimum atomic E-state index is -0.741. The lowest BCUT2D eigenvalue weighted by Crippen LogP contribution is -2.25. The lowest BCUT2D eigenvalue weighted by molar-refractivity contribution is 0.182. The zero-order valence-electron chi connectivity index (χ0n) is 7.40. The van der Waals surface area contributed by atoms with Crippen molar-refractivity contribution in [2.24, 2.45) is 0 Å². The van der Waals surface area contributed by atoms with Gasteiger partial charge in [-0.2, -0.15) is 10.2 Å². The van der Waals surface area contributed by atoms with Crippen LogP contribution in [0.3, 0.4) is 0 Å². The van der Waals surface area contributed by atoms with Gasteiger partial charge in [-0.3, -0.25) is 0 Å². The summed E-state index contributed by atoms with van der Waals surface area (Å²) in [5.41, 5.74) is 0.381. The summed E-state index contributed by atoms with van der Waals surface area (Å²) in [6.45, 7) is 0. The maximum absolute atomic E-state index is 11.1. The lowest BCUT2D eigenvalue weighted by atomic mass is 10.3. The van der Waals surface area contributed by atoms with E-state index in [2.05, 4.69) is 4.74 Å². The van der Waals surface area contributed by atoms with Crippen molar-refractivity contribution in [1.82, 2.24) is 0 Å². The standard InChI is InChI=1S/C9H7ClN2O2/c1-14-9(13)12(6-11)8-4-2-3-7(10)5-8/h2-5H,1H3. The zero-order chi connectivity index (χ0) is 10.6. The van der Waals surface area contributed by atoms with Crippen molar-refractivity contribution in [1.29, 1.82) is 5.26 Å². The number of carbonyl (C=O) groups excluding carboxylic acids is 1. The van der Waals surface area contributed by atoms with E-state index in [0.717, 1.165) is 4.90 Å². The molecule has 0 N–H and O–H groups in total. The van der Waals surface area contributed by atoms with Crippen LogP contribution < -0.4 is 4.90 Å². The number of hydrogen-bond acceptors (Lipinski definition) is 3. The fourth-order valence-electron chi connectivity index (χ4n) is 0.910. The van der Waals surface area contributed by atoms with E-state index >= 15 is 0 Å². The van der Waals surface area contributed by atoms with Gasteiger partial charge in [0.2, 0.25) is 0 Å². The van der Waals surface area contributed by atoms with Gasteiger partial charge in [0.1, 0.15) is 0 Å². The van der Waals surface area contributed by atoms with Crippen molar-refractivity contribution in [2.45, 2.75) is 0 Å². The third-order valence-electron chi connectivity index (χ3n) is 1.52. The normalized spacial score (nSPS) is 8.93. The van der Waals surface area contributed by atoms with Gasteiger partial charge in [-0.25, -0.2) is 4.79 Å². The molecule has 14 heavy (non-hydrogen) atoms. The highest BCUT2D eigenvalue weighted by Gasteiger charge is 2.15. The Morgan fingerprint density at radius 1 is 1.64 bits per heavy atom. The zero-order valence-corrected chi connectivity index (χ0v) is 8.15. The molecule has 1 amide bonds. The Balaban J connectivity index is 3.02. The van der Waals surface area contributed by atoms with Gasteiger partial charge in [-0.1, -0.05) is 17.7 Å². The number of amides is 1. The van der Waals surface area contributed by atoms with Gasteiger partial charge in [-0.05, 0) is 18.2 Å². The number of hydrogen-bond donors (Lipinski definition) is 0. The van der Waals surface area contributed by atoms with Crippen LogP contribution in [-0.2, 0) is 4.74 Å². The molecular formula is C9H7ClN2O2. The molecule has 0 aliphatic carbocycles. The van der Waals surface area contributed by atoms with Gasteiger partial charge in [0.25, 0.3) is 0 Å². The Labute approximate surface area is 86.3 Å². The molecule has 0 saturated heterocycles. The summed E-state index contributed by atoms with van der Waals surface area (Å²) in [5, 5.41) is 9.15. The monoisotopic (exact) mass is 210 g/mol. The fourth-order valence-corrected chi connectivity index (χ4v) is 1.09. The number of ether oxygens (including phenoxy) is 1. The number of rotatable bonds is 1. The Morgan fingerprint density at radius 2 is 2.36 bits per heavy atom. The van der Waals surface area contributed by atoms with E-state index in [-0.39, 0.29) is 0 Å². The summed E-state index contributed by atoms with van der Waals surface area (Å²) >= 11 is 5.71. The van der Waals surface area contributed by atoms with E-state index in [9.17, 15) is 4.79 Å². The number of nitriles is 1. The van der Waals surface area contributed by atoms with Gasteiger partial charge in [0, 0.05) is 5.02 Å². The number of benzene rings is 1. The third-order valence-corrected chi connectivity index (χ3v) is 1.76. The van der Waals surface area contributed by atoms with Gasteiger partial charge >= 0.3 is 6.09 Å². The number of anilines is 1. The fraction of sp³-hybridized carbons (Fsp3) is 0.111. The molecule has 72 valence electrons. The second-order valence-corrected chi connectivity index (χ2v) is 2.82. The molecule has 0 radical (unpaired) electrons. The topological polar surface area (TPSA) is 53.3 Å². The molecule has 0 bridgehead atoms. The van der Waals surface area contributed by atoms with Crippen LogP contribution >= 0.6 is 11.6 Å². The molecular weight excluding hydrogens is 204 g/mol. The molecule has 1 rings (SSSR count). The predicted molar refractivity (Wildman–Crippen MR) is 51.9 cm³/mol. The van der Waals surface area contributed by atoms with E-state index in [1.54, 1.807) is 24.4 Å². The summed E-state index contributed by atoms with van der Waals surface area (Å²) in [5.74, 6) is 0. The van der Waals surface area contributed by atoms with E-state index in [0.29, 0.717) is 10.7 Å². The minimum absolute atomic E-state index is 0.381. The van der Waals surface area contributed by atoms with Crippen molar-refractivity contribution in [3.63, 3.8) is 0 Å². The summed E-state index contributed by atoms with van der Waals surface area (Å²) in [4.78, 5) is 11.9. The second kappa shape index (κ2) is 4.49. The number of nitrogens with zero attached hydrogens (tertiary/aromatic N) is 2. The van der Waals surface area contributed by atoms with E-state index in [1.807, 2.05) is 0 Å². The van der Waals surface area contributed by atoms with Gasteiger partial charge < -0.3 is 4.74 Å². The third kappa shape index (κ3) is 2.15. The van der Waals surface area contributed by atoms with Crippen molar-refractivity contribution in [3.8, 4) is 6.19 Å². The molecule has 0 aromatic heterocycles. The predicted octanol–water partition coefficient (Wildman–Crippen LogP) is 2.39. The van der Waals surface area contributed by atoms with Crippen molar-refractivity contribution in [3.05, 3.63) is 29.3 Å². The first-order chi connectivity index (χ1) is 6.69. The first-order valence-electron chi connectivity index (χ1n) is 3.72. The van der Waals surface area contributed by atoms with Crippen LogP contribution in [0.4, 0.5) is 10.5 Å². The van der Waals surface area contributed by atoms with E-state index < -0.39 is 6.09 Å². The number of methoxy groups -OCH3 is 1. The largest absolute Gasteiger partial charge is 0.452 e. The first-order valence-corrected chi connectivity index (χ1v) is 4.10. The summed E-state index contributed by atoms with van der Waals surface area (Å²) in [7, 11) is 1.21. The van der Waals surface area contributed by atoms with Crippen LogP contribution in [0.2, 0.25) is 5.02 Å². The molecule has 0 atom stereocenters. The second-order valence-electron chi connectivity index (χ2n) is 2.39. The van der Waals surface area contributed by atoms with Crippen LogP contribution in [-0.4, -0.2) is 13.2 Å². The smallest absolute Gasteiger partial charge is 0.427 e. The van der Waals surface area contributed by atoms with Crippen LogP contribution in [0.1, 0.15) is 0 Å². The highest BCUT2D eigenvalue weighted by molar-refractivity contribution is 6.30. The molecule has 1 aromatic rings. The van der Waals surface area contributed by atoms with E-state index in [4.69, 9.17) is 16.9 Å². The molecule has 0 unspecified atom stereocenters. The van der Waals surface area contributed by atoms with Crippen molar-refractivity contribution >= 4 is 23.4 Å². The molecule has 0 saturated carbocycles. The molecule has 0 heterocycles. The summed E-state index contributed by atoms with van der Waals surface area (Å²) in [6.07, 6.45) is 0.955. The maximum atomic E-state index is 11.1. The quantitative estimate of drug-likeness (QED) is 0.528. The van der Waals surface area contributed by atoms with Crippen LogP contribution in [0, 0.1) is 11.5 Å². The van der Waals surface area contributed by atoms with Gasteiger partial charge in [0.05, 0.1) is 12.8 Å². The molecule has 0 fully saturated rings. The molecule has 0 aliphatic heterocycles. The van der Waals surface area contributed by atoms with Gasteiger partial charge in [-0.15, -0.1) is 0 Å². The van der Waals surface area contributed by atoms with Crippen LogP contribution in [0.5, 0.6) is 0 Å². The van der Waals surface area contributed by atoms with Crippen molar-refractivity contribution in [2.75, 3.05) is 12.0 Å². The van der Waals surface area contributed by atoms with Crippen LogP contribution in [0.25, 0.3) is 0 Å².